The van der Waals surface area contributed by atoms with E-state index in [-0.39, 0.29) is 5.91 Å². The summed E-state index contributed by atoms with van der Waals surface area (Å²) >= 11 is 0. The molecule has 1 aromatic carbocycles. The molecule has 1 heterocycles. The van der Waals surface area contributed by atoms with Crippen molar-refractivity contribution in [3.8, 4) is 0 Å². The fourth-order valence-electron chi connectivity index (χ4n) is 2.15. The number of unbranched alkanes of at least 4 members (excludes halogenated alkanes) is 2. The number of aromatic nitrogens is 1. The molecule has 0 saturated carbocycles. The van der Waals surface area contributed by atoms with Gasteiger partial charge in [-0.15, -0.1) is 0 Å². The average molecular weight is 297 g/mol. The molecule has 4 nitrogen and oxygen atoms in total. The molecule has 0 aliphatic rings. The Balaban J connectivity index is 1.79. The first-order chi connectivity index (χ1) is 10.8. The van der Waals surface area contributed by atoms with Crippen LogP contribution in [0.3, 0.4) is 0 Å². The summed E-state index contributed by atoms with van der Waals surface area (Å²) in [4.78, 5) is 16.3. The zero-order valence-corrected chi connectivity index (χ0v) is 13.0. The van der Waals surface area contributed by atoms with E-state index in [0.717, 1.165) is 30.0 Å². The highest BCUT2D eigenvalue weighted by Crippen LogP contribution is 2.11. The van der Waals surface area contributed by atoms with Crippen molar-refractivity contribution in [3.63, 3.8) is 0 Å². The lowest BCUT2D eigenvalue weighted by Gasteiger charge is -2.08. The molecule has 0 bridgehead atoms. The summed E-state index contributed by atoms with van der Waals surface area (Å²) in [6, 6.07) is 13.5. The van der Waals surface area contributed by atoms with E-state index in [0.29, 0.717) is 6.42 Å². The monoisotopic (exact) mass is 297 g/mol. The zero-order valence-electron chi connectivity index (χ0n) is 13.0. The average Bonchev–Trinajstić information content (AvgIpc) is 2.54. The maximum absolute atomic E-state index is 12.0. The number of hydrogen-bond acceptors (Lipinski definition) is 3. The second-order valence-corrected chi connectivity index (χ2v) is 5.28. The van der Waals surface area contributed by atoms with Crippen molar-refractivity contribution in [1.82, 2.24) is 4.98 Å². The highest BCUT2D eigenvalue weighted by atomic mass is 16.1. The van der Waals surface area contributed by atoms with Crippen LogP contribution >= 0.6 is 0 Å². The first-order valence-corrected chi connectivity index (χ1v) is 7.81. The van der Waals surface area contributed by atoms with E-state index in [9.17, 15) is 4.79 Å². The minimum absolute atomic E-state index is 0.0309. The van der Waals surface area contributed by atoms with Gasteiger partial charge in [0.15, 0.2) is 0 Å². The number of pyridine rings is 1. The fourth-order valence-corrected chi connectivity index (χ4v) is 2.15. The van der Waals surface area contributed by atoms with Crippen LogP contribution in [0.15, 0.2) is 48.7 Å². The molecule has 116 valence electrons. The van der Waals surface area contributed by atoms with E-state index < -0.39 is 0 Å². The number of nitrogens with zero attached hydrogens (tertiary/aromatic N) is 1. The number of hydrogen-bond donors (Lipinski definition) is 2. The van der Waals surface area contributed by atoms with Gasteiger partial charge in [0.25, 0.3) is 0 Å². The third-order valence-corrected chi connectivity index (χ3v) is 3.34. The van der Waals surface area contributed by atoms with Crippen LogP contribution in [0, 0.1) is 0 Å². The molecule has 0 fully saturated rings. The normalized spacial score (nSPS) is 10.2. The number of carbonyl (C=O) groups is 1. The Morgan fingerprint density at radius 3 is 2.59 bits per heavy atom. The molecular formula is C18H23N3O. The van der Waals surface area contributed by atoms with Crippen molar-refractivity contribution in [2.75, 3.05) is 17.2 Å². The quantitative estimate of drug-likeness (QED) is 0.727. The first kappa shape index (κ1) is 16.0. The summed E-state index contributed by atoms with van der Waals surface area (Å²) in [5.74, 6) is 0.814. The molecule has 0 radical (unpaired) electrons. The molecular weight excluding hydrogens is 274 g/mol. The maximum atomic E-state index is 12.0. The highest BCUT2D eigenvalue weighted by Gasteiger charge is 2.04. The Bertz CT molecular complexity index is 567. The van der Waals surface area contributed by atoms with Crippen LogP contribution in [-0.2, 0) is 11.2 Å². The summed E-state index contributed by atoms with van der Waals surface area (Å²) in [6.45, 7) is 3.12. The van der Waals surface area contributed by atoms with Crippen LogP contribution in [0.2, 0.25) is 0 Å². The van der Waals surface area contributed by atoms with E-state index in [1.54, 1.807) is 6.20 Å². The van der Waals surface area contributed by atoms with Gasteiger partial charge in [0.2, 0.25) is 5.91 Å². The van der Waals surface area contributed by atoms with Crippen molar-refractivity contribution in [2.45, 2.75) is 32.6 Å². The van der Waals surface area contributed by atoms with Gasteiger partial charge in [-0.1, -0.05) is 50.1 Å². The van der Waals surface area contributed by atoms with Crippen molar-refractivity contribution >= 4 is 17.4 Å². The molecule has 0 aliphatic heterocycles. The summed E-state index contributed by atoms with van der Waals surface area (Å²) in [7, 11) is 0. The summed E-state index contributed by atoms with van der Waals surface area (Å²) in [5.41, 5.74) is 1.72. The van der Waals surface area contributed by atoms with Crippen LogP contribution in [0.5, 0.6) is 0 Å². The number of nitrogens with one attached hydrogen (secondary N) is 2. The van der Waals surface area contributed by atoms with Crippen LogP contribution in [0.1, 0.15) is 31.7 Å². The van der Waals surface area contributed by atoms with Gasteiger partial charge in [-0.3, -0.25) is 4.79 Å². The number of amides is 1. The Morgan fingerprint density at radius 2 is 1.91 bits per heavy atom. The second-order valence-electron chi connectivity index (χ2n) is 5.28. The Morgan fingerprint density at radius 1 is 1.09 bits per heavy atom. The molecule has 1 aromatic heterocycles. The summed E-state index contributed by atoms with van der Waals surface area (Å²) in [5, 5.41) is 6.14. The molecule has 22 heavy (non-hydrogen) atoms. The second kappa shape index (κ2) is 8.82. The van der Waals surface area contributed by atoms with Crippen molar-refractivity contribution in [3.05, 3.63) is 54.2 Å². The van der Waals surface area contributed by atoms with Crippen molar-refractivity contribution < 1.29 is 4.79 Å². The molecule has 1 amide bonds. The first-order valence-electron chi connectivity index (χ1n) is 7.81. The standard InChI is InChI=1S/C18H23N3O/c1-2-3-7-12-19-17-11-10-16(14-20-17)21-18(22)13-15-8-5-4-6-9-15/h4-6,8-11,14H,2-3,7,12-13H2,1H3,(H,19,20)(H,21,22). The predicted molar refractivity (Wildman–Crippen MR) is 91.0 cm³/mol. The smallest absolute Gasteiger partial charge is 0.228 e. The van der Waals surface area contributed by atoms with Crippen LogP contribution in [0.4, 0.5) is 11.5 Å². The van der Waals surface area contributed by atoms with Gasteiger partial charge >= 0.3 is 0 Å². The summed E-state index contributed by atoms with van der Waals surface area (Å²) in [6.07, 6.45) is 5.64. The molecule has 4 heteroatoms. The lowest BCUT2D eigenvalue weighted by molar-refractivity contribution is -0.115. The van der Waals surface area contributed by atoms with Crippen molar-refractivity contribution in [2.24, 2.45) is 0 Å². The minimum Gasteiger partial charge on any atom is -0.370 e. The van der Waals surface area contributed by atoms with Gasteiger partial charge in [0.05, 0.1) is 18.3 Å². The van der Waals surface area contributed by atoms with Gasteiger partial charge in [-0.25, -0.2) is 4.98 Å². The van der Waals surface area contributed by atoms with Crippen LogP contribution < -0.4 is 10.6 Å². The minimum atomic E-state index is -0.0309. The highest BCUT2D eigenvalue weighted by molar-refractivity contribution is 5.92. The molecule has 0 unspecified atom stereocenters. The molecule has 0 aliphatic carbocycles. The number of benzene rings is 1. The number of rotatable bonds is 8. The lowest BCUT2D eigenvalue weighted by Crippen LogP contribution is -2.14. The molecule has 0 saturated heterocycles. The summed E-state index contributed by atoms with van der Waals surface area (Å²) < 4.78 is 0. The molecule has 0 atom stereocenters. The Hall–Kier alpha value is -2.36. The third-order valence-electron chi connectivity index (χ3n) is 3.34. The zero-order chi connectivity index (χ0) is 15.6. The Kier molecular flexibility index (Phi) is 6.42. The van der Waals surface area contributed by atoms with Gasteiger partial charge in [0, 0.05) is 6.54 Å². The van der Waals surface area contributed by atoms with E-state index in [1.807, 2.05) is 42.5 Å². The number of carbonyl (C=O) groups excluding carboxylic acids is 1. The van der Waals surface area contributed by atoms with Crippen molar-refractivity contribution in [1.29, 1.82) is 0 Å². The van der Waals surface area contributed by atoms with E-state index in [2.05, 4.69) is 22.5 Å². The Labute approximate surface area is 132 Å². The van der Waals surface area contributed by atoms with Gasteiger partial charge in [-0.05, 0) is 24.1 Å². The van der Waals surface area contributed by atoms with E-state index in [4.69, 9.17) is 0 Å². The van der Waals surface area contributed by atoms with Crippen LogP contribution in [-0.4, -0.2) is 17.4 Å². The molecule has 0 spiro atoms. The molecule has 2 aromatic rings. The topological polar surface area (TPSA) is 54.0 Å². The van der Waals surface area contributed by atoms with Gasteiger partial charge in [0.1, 0.15) is 5.82 Å². The SMILES string of the molecule is CCCCCNc1ccc(NC(=O)Cc2ccccc2)cn1. The third kappa shape index (κ3) is 5.56. The van der Waals surface area contributed by atoms with Gasteiger partial charge in [-0.2, -0.15) is 0 Å². The fraction of sp³-hybridized carbons (Fsp3) is 0.333. The van der Waals surface area contributed by atoms with Crippen LogP contribution in [0.25, 0.3) is 0 Å². The predicted octanol–water partition coefficient (Wildman–Crippen LogP) is 3.86. The lowest BCUT2D eigenvalue weighted by atomic mass is 10.1. The largest absolute Gasteiger partial charge is 0.370 e. The molecule has 2 rings (SSSR count). The van der Waals surface area contributed by atoms with Gasteiger partial charge < -0.3 is 10.6 Å². The van der Waals surface area contributed by atoms with E-state index in [1.165, 1.54) is 12.8 Å². The maximum Gasteiger partial charge on any atom is 0.228 e. The number of anilines is 2. The van der Waals surface area contributed by atoms with E-state index >= 15 is 0 Å². The molecule has 2 N–H and O–H groups in total.